The zero-order valence-corrected chi connectivity index (χ0v) is 12.5. The van der Waals surface area contributed by atoms with Crippen molar-refractivity contribution in [1.29, 1.82) is 0 Å². The zero-order chi connectivity index (χ0) is 13.6. The number of alkyl carbamates (subject to hydrolysis) is 1. The number of hydrogen-bond acceptors (Lipinski definition) is 6. The first-order chi connectivity index (χ1) is 8.37. The minimum atomic E-state index is -0.449. The van der Waals surface area contributed by atoms with E-state index in [-0.39, 0.29) is 6.09 Å². The van der Waals surface area contributed by atoms with E-state index >= 15 is 0 Å². The lowest BCUT2D eigenvalue weighted by Gasteiger charge is -2.19. The van der Waals surface area contributed by atoms with Crippen LogP contribution in [0, 0.1) is 0 Å². The molecule has 0 fully saturated rings. The highest BCUT2D eigenvalue weighted by Crippen LogP contribution is 2.16. The molecule has 1 rings (SSSR count). The molecule has 3 N–H and O–H groups in total. The summed E-state index contributed by atoms with van der Waals surface area (Å²) < 4.78 is 5.12. The topological polar surface area (TPSA) is 77.2 Å². The summed E-state index contributed by atoms with van der Waals surface area (Å²) >= 11 is 3.14. The summed E-state index contributed by atoms with van der Waals surface area (Å²) in [4.78, 5) is 15.5. The lowest BCUT2D eigenvalue weighted by atomic mass is 10.2. The Morgan fingerprint density at radius 1 is 1.61 bits per heavy atom. The first-order valence-corrected chi connectivity index (χ1v) is 7.65. The molecule has 1 aromatic heterocycles. The van der Waals surface area contributed by atoms with E-state index in [1.807, 2.05) is 26.2 Å². The van der Waals surface area contributed by atoms with Crippen molar-refractivity contribution >= 4 is 34.3 Å². The Kier molecular flexibility index (Phi) is 5.74. The van der Waals surface area contributed by atoms with Crippen LogP contribution in [0.3, 0.4) is 0 Å². The van der Waals surface area contributed by atoms with E-state index < -0.39 is 5.60 Å². The smallest absolute Gasteiger partial charge is 0.407 e. The summed E-state index contributed by atoms with van der Waals surface area (Å²) in [6.07, 6.45) is -0.374. The number of anilines is 1. The maximum absolute atomic E-state index is 11.3. The van der Waals surface area contributed by atoms with Crippen molar-refractivity contribution in [3.8, 4) is 0 Å². The van der Waals surface area contributed by atoms with Crippen LogP contribution < -0.4 is 11.1 Å². The largest absolute Gasteiger partial charge is 0.444 e. The molecule has 0 aliphatic heterocycles. The summed E-state index contributed by atoms with van der Waals surface area (Å²) in [6, 6.07) is 0. The Morgan fingerprint density at radius 3 is 2.89 bits per heavy atom. The average molecular weight is 289 g/mol. The lowest BCUT2D eigenvalue weighted by molar-refractivity contribution is 0.0531. The molecule has 0 bridgehead atoms. The van der Waals surface area contributed by atoms with Crippen molar-refractivity contribution in [1.82, 2.24) is 10.3 Å². The third-order valence-electron chi connectivity index (χ3n) is 1.73. The number of rotatable bonds is 5. The van der Waals surface area contributed by atoms with E-state index in [0.29, 0.717) is 11.7 Å². The fraction of sp³-hybridized carbons (Fsp3) is 0.636. The maximum atomic E-state index is 11.3. The van der Waals surface area contributed by atoms with Crippen LogP contribution in [-0.4, -0.2) is 29.0 Å². The van der Waals surface area contributed by atoms with Gasteiger partial charge in [-0.05, 0) is 20.8 Å². The third kappa shape index (κ3) is 6.70. The number of thiazole rings is 1. The van der Waals surface area contributed by atoms with Crippen molar-refractivity contribution in [3.05, 3.63) is 11.1 Å². The molecule has 0 aliphatic carbocycles. The summed E-state index contributed by atoms with van der Waals surface area (Å²) in [6.45, 7) is 6.11. The summed E-state index contributed by atoms with van der Waals surface area (Å²) in [7, 11) is 0. The molecule has 1 aromatic rings. The van der Waals surface area contributed by atoms with Gasteiger partial charge in [-0.15, -0.1) is 11.3 Å². The van der Waals surface area contributed by atoms with Crippen molar-refractivity contribution in [3.63, 3.8) is 0 Å². The average Bonchev–Trinajstić information content (AvgIpc) is 2.61. The molecule has 0 aliphatic rings. The van der Waals surface area contributed by atoms with Gasteiger partial charge in [0, 0.05) is 23.4 Å². The SMILES string of the molecule is CC(C)(C)OC(=O)NCCSCc1csc(N)n1. The Balaban J connectivity index is 2.07. The van der Waals surface area contributed by atoms with Gasteiger partial charge in [-0.3, -0.25) is 0 Å². The molecule has 1 heterocycles. The summed E-state index contributed by atoms with van der Waals surface area (Å²) in [5.74, 6) is 1.63. The van der Waals surface area contributed by atoms with Crippen LogP contribution in [-0.2, 0) is 10.5 Å². The van der Waals surface area contributed by atoms with E-state index in [1.165, 1.54) is 11.3 Å². The second kappa shape index (κ2) is 6.84. The highest BCUT2D eigenvalue weighted by molar-refractivity contribution is 7.98. The Labute approximate surface area is 115 Å². The molecule has 0 unspecified atom stereocenters. The first-order valence-electron chi connectivity index (χ1n) is 5.61. The molecule has 1 amide bonds. The van der Waals surface area contributed by atoms with Gasteiger partial charge in [-0.25, -0.2) is 9.78 Å². The minimum Gasteiger partial charge on any atom is -0.444 e. The van der Waals surface area contributed by atoms with E-state index in [1.54, 1.807) is 11.8 Å². The van der Waals surface area contributed by atoms with Gasteiger partial charge < -0.3 is 15.8 Å². The molecule has 102 valence electrons. The molecule has 0 atom stereocenters. The Hall–Kier alpha value is -0.950. The number of nitrogen functional groups attached to an aromatic ring is 1. The summed E-state index contributed by atoms with van der Waals surface area (Å²) in [5.41, 5.74) is 6.07. The number of carbonyl (C=O) groups is 1. The number of ether oxygens (including phenoxy) is 1. The van der Waals surface area contributed by atoms with Crippen molar-refractivity contribution in [2.24, 2.45) is 0 Å². The number of nitrogens with zero attached hydrogens (tertiary/aromatic N) is 1. The quantitative estimate of drug-likeness (QED) is 0.814. The van der Waals surface area contributed by atoms with Gasteiger partial charge in [0.25, 0.3) is 0 Å². The molecule has 5 nitrogen and oxygen atoms in total. The Bertz CT molecular complexity index is 388. The normalized spacial score (nSPS) is 11.3. The number of hydrogen-bond donors (Lipinski definition) is 2. The molecule has 18 heavy (non-hydrogen) atoms. The number of aromatic nitrogens is 1. The van der Waals surface area contributed by atoms with E-state index in [2.05, 4.69) is 10.3 Å². The maximum Gasteiger partial charge on any atom is 0.407 e. The van der Waals surface area contributed by atoms with Crippen LogP contribution in [0.2, 0.25) is 0 Å². The number of nitrogens with one attached hydrogen (secondary N) is 1. The van der Waals surface area contributed by atoms with Crippen LogP contribution in [0.15, 0.2) is 5.38 Å². The number of amides is 1. The minimum absolute atomic E-state index is 0.374. The van der Waals surface area contributed by atoms with Gasteiger partial charge in [-0.1, -0.05) is 0 Å². The molecular formula is C11H19N3O2S2. The van der Waals surface area contributed by atoms with Crippen molar-refractivity contribution in [2.75, 3.05) is 18.0 Å². The second-order valence-corrected chi connectivity index (χ2v) is 6.65. The van der Waals surface area contributed by atoms with Gasteiger partial charge in [0.15, 0.2) is 5.13 Å². The van der Waals surface area contributed by atoms with Gasteiger partial charge in [0.1, 0.15) is 5.60 Å². The molecular weight excluding hydrogens is 270 g/mol. The summed E-state index contributed by atoms with van der Waals surface area (Å²) in [5, 5.41) is 5.25. The molecule has 7 heteroatoms. The molecule has 0 saturated heterocycles. The fourth-order valence-corrected chi connectivity index (χ4v) is 2.52. The van der Waals surface area contributed by atoms with Gasteiger partial charge in [0.05, 0.1) is 5.69 Å². The number of thioether (sulfide) groups is 1. The van der Waals surface area contributed by atoms with Gasteiger partial charge in [0.2, 0.25) is 0 Å². The van der Waals surface area contributed by atoms with E-state index in [4.69, 9.17) is 10.5 Å². The van der Waals surface area contributed by atoms with Gasteiger partial charge in [-0.2, -0.15) is 11.8 Å². The molecule has 0 saturated carbocycles. The fourth-order valence-electron chi connectivity index (χ4n) is 1.11. The molecule has 0 aromatic carbocycles. The predicted molar refractivity (Wildman–Crippen MR) is 76.9 cm³/mol. The van der Waals surface area contributed by atoms with E-state index in [9.17, 15) is 4.79 Å². The van der Waals surface area contributed by atoms with Crippen LogP contribution in [0.4, 0.5) is 9.93 Å². The zero-order valence-electron chi connectivity index (χ0n) is 10.9. The highest BCUT2D eigenvalue weighted by Gasteiger charge is 2.15. The molecule has 0 radical (unpaired) electrons. The van der Waals surface area contributed by atoms with Crippen LogP contribution in [0.25, 0.3) is 0 Å². The van der Waals surface area contributed by atoms with Crippen LogP contribution in [0.1, 0.15) is 26.5 Å². The van der Waals surface area contributed by atoms with Gasteiger partial charge >= 0.3 is 6.09 Å². The predicted octanol–water partition coefficient (Wildman–Crippen LogP) is 2.48. The standard InChI is InChI=1S/C11H19N3O2S2/c1-11(2,3)16-10(15)13-4-5-17-6-8-7-18-9(12)14-8/h7H,4-6H2,1-3H3,(H2,12,14)(H,13,15). The van der Waals surface area contributed by atoms with Crippen molar-refractivity contribution < 1.29 is 9.53 Å². The third-order valence-corrected chi connectivity index (χ3v) is 3.45. The monoisotopic (exact) mass is 289 g/mol. The highest BCUT2D eigenvalue weighted by atomic mass is 32.2. The lowest BCUT2D eigenvalue weighted by Crippen LogP contribution is -2.33. The first kappa shape index (κ1) is 15.1. The molecule has 0 spiro atoms. The Morgan fingerprint density at radius 2 is 2.33 bits per heavy atom. The number of nitrogens with two attached hydrogens (primary N) is 1. The van der Waals surface area contributed by atoms with Crippen LogP contribution in [0.5, 0.6) is 0 Å². The van der Waals surface area contributed by atoms with E-state index in [0.717, 1.165) is 17.2 Å². The second-order valence-electron chi connectivity index (χ2n) is 4.66. The van der Waals surface area contributed by atoms with Crippen LogP contribution >= 0.6 is 23.1 Å². The van der Waals surface area contributed by atoms with Crippen molar-refractivity contribution in [2.45, 2.75) is 32.1 Å². The number of carbonyl (C=O) groups excluding carboxylic acids is 1.